The molecule has 1 aromatic carbocycles. The van der Waals surface area contributed by atoms with Gasteiger partial charge in [0.15, 0.2) is 0 Å². The summed E-state index contributed by atoms with van der Waals surface area (Å²) in [5.41, 5.74) is 0.822. The standard InChI is InChI=1S/C12H13FO3/c1-8-6-9(2-3-11(8)13)12(14)16-10-4-5-15-7-10/h2-3,6,10H,4-5,7H2,1H3. The molecule has 2 rings (SSSR count). The summed E-state index contributed by atoms with van der Waals surface area (Å²) in [6, 6.07) is 4.20. The van der Waals surface area contributed by atoms with Crippen LogP contribution in [0.25, 0.3) is 0 Å². The summed E-state index contributed by atoms with van der Waals surface area (Å²) in [7, 11) is 0. The minimum absolute atomic E-state index is 0.169. The highest BCUT2D eigenvalue weighted by Gasteiger charge is 2.20. The van der Waals surface area contributed by atoms with Gasteiger partial charge in [0.25, 0.3) is 0 Å². The molecule has 0 aromatic heterocycles. The molecule has 1 aromatic rings. The summed E-state index contributed by atoms with van der Waals surface area (Å²) >= 11 is 0. The van der Waals surface area contributed by atoms with Gasteiger partial charge in [0.1, 0.15) is 11.9 Å². The molecule has 1 heterocycles. The first kappa shape index (κ1) is 11.1. The van der Waals surface area contributed by atoms with Crippen molar-refractivity contribution in [2.24, 2.45) is 0 Å². The lowest BCUT2D eigenvalue weighted by Crippen LogP contribution is -2.18. The second-order valence-electron chi connectivity index (χ2n) is 3.85. The van der Waals surface area contributed by atoms with Gasteiger partial charge in [0, 0.05) is 6.42 Å². The zero-order chi connectivity index (χ0) is 11.5. The van der Waals surface area contributed by atoms with Crippen molar-refractivity contribution in [2.45, 2.75) is 19.4 Å². The Morgan fingerprint density at radius 1 is 1.56 bits per heavy atom. The average molecular weight is 224 g/mol. The molecule has 0 aliphatic carbocycles. The van der Waals surface area contributed by atoms with Gasteiger partial charge < -0.3 is 9.47 Å². The second-order valence-corrected chi connectivity index (χ2v) is 3.85. The third-order valence-electron chi connectivity index (χ3n) is 2.56. The fourth-order valence-corrected chi connectivity index (χ4v) is 1.60. The molecule has 1 aliphatic heterocycles. The van der Waals surface area contributed by atoms with Crippen LogP contribution < -0.4 is 0 Å². The normalized spacial score (nSPS) is 19.8. The first-order chi connectivity index (χ1) is 7.66. The van der Waals surface area contributed by atoms with E-state index in [4.69, 9.17) is 9.47 Å². The van der Waals surface area contributed by atoms with Crippen LogP contribution in [0.15, 0.2) is 18.2 Å². The number of ether oxygens (including phenoxy) is 2. The van der Waals surface area contributed by atoms with Gasteiger partial charge in [0.05, 0.1) is 18.8 Å². The number of esters is 1. The molecule has 0 radical (unpaired) electrons. The highest BCUT2D eigenvalue weighted by molar-refractivity contribution is 5.89. The number of carbonyl (C=O) groups excluding carboxylic acids is 1. The third kappa shape index (κ3) is 2.39. The highest BCUT2D eigenvalue weighted by Crippen LogP contribution is 2.14. The second kappa shape index (κ2) is 4.61. The molecule has 1 saturated heterocycles. The SMILES string of the molecule is Cc1cc(C(=O)OC2CCOC2)ccc1F. The lowest BCUT2D eigenvalue weighted by Gasteiger charge is -2.10. The number of hydrogen-bond donors (Lipinski definition) is 0. The lowest BCUT2D eigenvalue weighted by atomic mass is 10.1. The van der Waals surface area contributed by atoms with Crippen molar-refractivity contribution in [1.82, 2.24) is 0 Å². The minimum Gasteiger partial charge on any atom is -0.456 e. The molecule has 4 heteroatoms. The largest absolute Gasteiger partial charge is 0.456 e. The fraction of sp³-hybridized carbons (Fsp3) is 0.417. The van der Waals surface area contributed by atoms with Crippen LogP contribution in [-0.4, -0.2) is 25.3 Å². The van der Waals surface area contributed by atoms with Gasteiger partial charge in [-0.3, -0.25) is 0 Å². The van der Waals surface area contributed by atoms with Gasteiger partial charge in [-0.2, -0.15) is 0 Å². The number of hydrogen-bond acceptors (Lipinski definition) is 3. The van der Waals surface area contributed by atoms with Crippen molar-refractivity contribution in [3.63, 3.8) is 0 Å². The maximum atomic E-state index is 13.0. The summed E-state index contributed by atoms with van der Waals surface area (Å²) in [6.07, 6.45) is 0.559. The Bertz CT molecular complexity index is 397. The molecule has 16 heavy (non-hydrogen) atoms. The zero-order valence-corrected chi connectivity index (χ0v) is 9.03. The van der Waals surface area contributed by atoms with Gasteiger partial charge in [-0.05, 0) is 30.7 Å². The molecule has 86 valence electrons. The molecule has 3 nitrogen and oxygen atoms in total. The van der Waals surface area contributed by atoms with Crippen LogP contribution in [-0.2, 0) is 9.47 Å². The van der Waals surface area contributed by atoms with Crippen LogP contribution in [0, 0.1) is 12.7 Å². The van der Waals surface area contributed by atoms with Gasteiger partial charge >= 0.3 is 5.97 Å². The maximum Gasteiger partial charge on any atom is 0.338 e. The van der Waals surface area contributed by atoms with Gasteiger partial charge in [-0.15, -0.1) is 0 Å². The van der Waals surface area contributed by atoms with Gasteiger partial charge in [-0.1, -0.05) is 0 Å². The fourth-order valence-electron chi connectivity index (χ4n) is 1.60. The molecule has 0 saturated carbocycles. The van der Waals surface area contributed by atoms with E-state index in [9.17, 15) is 9.18 Å². The van der Waals surface area contributed by atoms with Crippen molar-refractivity contribution in [1.29, 1.82) is 0 Å². The maximum absolute atomic E-state index is 13.0. The molecule has 0 bridgehead atoms. The lowest BCUT2D eigenvalue weighted by molar-refractivity contribution is 0.0270. The summed E-state index contributed by atoms with van der Waals surface area (Å²) < 4.78 is 23.3. The van der Waals surface area contributed by atoms with E-state index in [1.54, 1.807) is 6.92 Å². The molecule has 0 spiro atoms. The van der Waals surface area contributed by atoms with Crippen LogP contribution in [0.2, 0.25) is 0 Å². The van der Waals surface area contributed by atoms with Crippen molar-refractivity contribution >= 4 is 5.97 Å². The topological polar surface area (TPSA) is 35.5 Å². The Morgan fingerprint density at radius 3 is 3.00 bits per heavy atom. The van der Waals surface area contributed by atoms with E-state index in [2.05, 4.69) is 0 Å². The molecular formula is C12H13FO3. The molecule has 1 atom stereocenters. The number of rotatable bonds is 2. The third-order valence-corrected chi connectivity index (χ3v) is 2.56. The monoisotopic (exact) mass is 224 g/mol. The van der Waals surface area contributed by atoms with E-state index < -0.39 is 5.97 Å². The van der Waals surface area contributed by atoms with Crippen LogP contribution in [0.4, 0.5) is 4.39 Å². The summed E-state index contributed by atoms with van der Waals surface area (Å²) in [5, 5.41) is 0. The first-order valence-electron chi connectivity index (χ1n) is 5.21. The number of benzene rings is 1. The summed E-state index contributed by atoms with van der Waals surface area (Å²) in [4.78, 5) is 11.7. The van der Waals surface area contributed by atoms with E-state index in [1.807, 2.05) is 0 Å². The van der Waals surface area contributed by atoms with E-state index in [0.29, 0.717) is 24.3 Å². The quantitative estimate of drug-likeness (QED) is 0.721. The molecule has 0 N–H and O–H groups in total. The molecule has 1 fully saturated rings. The number of carbonyl (C=O) groups is 1. The minimum atomic E-state index is -0.418. The Hall–Kier alpha value is -1.42. The van der Waals surface area contributed by atoms with E-state index in [-0.39, 0.29) is 11.9 Å². The molecule has 1 aliphatic rings. The Morgan fingerprint density at radius 2 is 2.38 bits per heavy atom. The summed E-state index contributed by atoms with van der Waals surface area (Å²) in [6.45, 7) is 2.69. The van der Waals surface area contributed by atoms with Crippen LogP contribution in [0.1, 0.15) is 22.3 Å². The van der Waals surface area contributed by atoms with Crippen molar-refractivity contribution in [2.75, 3.05) is 13.2 Å². The Labute approximate surface area is 93.2 Å². The van der Waals surface area contributed by atoms with Crippen LogP contribution >= 0.6 is 0 Å². The zero-order valence-electron chi connectivity index (χ0n) is 9.03. The van der Waals surface area contributed by atoms with Gasteiger partial charge in [-0.25, -0.2) is 9.18 Å². The first-order valence-corrected chi connectivity index (χ1v) is 5.21. The van der Waals surface area contributed by atoms with E-state index in [1.165, 1.54) is 18.2 Å². The predicted molar refractivity (Wildman–Crippen MR) is 55.8 cm³/mol. The van der Waals surface area contributed by atoms with E-state index >= 15 is 0 Å². The number of halogens is 1. The van der Waals surface area contributed by atoms with E-state index in [0.717, 1.165) is 6.42 Å². The molecule has 1 unspecified atom stereocenters. The van der Waals surface area contributed by atoms with Crippen molar-refractivity contribution in [3.05, 3.63) is 35.1 Å². The highest BCUT2D eigenvalue weighted by atomic mass is 19.1. The number of aryl methyl sites for hydroxylation is 1. The Balaban J connectivity index is 2.05. The van der Waals surface area contributed by atoms with Crippen LogP contribution in [0.5, 0.6) is 0 Å². The Kier molecular flexibility index (Phi) is 3.19. The molecule has 0 amide bonds. The molecular weight excluding hydrogens is 211 g/mol. The van der Waals surface area contributed by atoms with Crippen LogP contribution in [0.3, 0.4) is 0 Å². The van der Waals surface area contributed by atoms with Gasteiger partial charge in [0.2, 0.25) is 0 Å². The predicted octanol–water partition coefficient (Wildman–Crippen LogP) is 2.08. The average Bonchev–Trinajstić information content (AvgIpc) is 2.74. The van der Waals surface area contributed by atoms with Crippen molar-refractivity contribution < 1.29 is 18.7 Å². The smallest absolute Gasteiger partial charge is 0.338 e. The van der Waals surface area contributed by atoms with Crippen molar-refractivity contribution in [3.8, 4) is 0 Å². The summed E-state index contributed by atoms with van der Waals surface area (Å²) in [5.74, 6) is -0.737.